The molecule has 3 aliphatic heterocycles. The summed E-state index contributed by atoms with van der Waals surface area (Å²) in [6.07, 6.45) is 1.53. The molecule has 2 saturated heterocycles. The Labute approximate surface area is 226 Å². The maximum Gasteiger partial charge on any atom is 0.269 e. The first-order chi connectivity index (χ1) is 18.3. The number of non-ortho nitro benzene ring substituents is 1. The lowest BCUT2D eigenvalue weighted by molar-refractivity contribution is -0.534. The van der Waals surface area contributed by atoms with Gasteiger partial charge in [-0.3, -0.25) is 29.9 Å². The summed E-state index contributed by atoms with van der Waals surface area (Å²) in [5, 5.41) is 27.0. The number of nitro groups is 2. The molecule has 2 fully saturated rings. The van der Waals surface area contributed by atoms with Gasteiger partial charge in [0.05, 0.1) is 10.8 Å². The van der Waals surface area contributed by atoms with Crippen molar-refractivity contribution in [2.75, 3.05) is 11.9 Å². The monoisotopic (exact) mass is 578 g/mol. The van der Waals surface area contributed by atoms with E-state index >= 15 is 0 Å². The fraction of sp³-hybridized carbons (Fsp3) is 0.296. The molecule has 3 aromatic rings. The van der Waals surface area contributed by atoms with Crippen LogP contribution in [0, 0.1) is 20.2 Å². The average molecular weight is 579 g/mol. The van der Waals surface area contributed by atoms with E-state index in [1.165, 1.54) is 12.1 Å². The summed E-state index contributed by atoms with van der Waals surface area (Å²) in [4.78, 5) is 39.0. The zero-order valence-electron chi connectivity index (χ0n) is 20.1. The summed E-state index contributed by atoms with van der Waals surface area (Å²) < 4.78 is 6.90. The lowest BCUT2D eigenvalue weighted by Crippen LogP contribution is -2.55. The zero-order valence-corrected chi connectivity index (χ0v) is 21.7. The number of hydrogen-bond acceptors (Lipinski definition) is 7. The average Bonchev–Trinajstić information content (AvgIpc) is 3.56. The van der Waals surface area contributed by atoms with Crippen LogP contribution in [0.2, 0.25) is 0 Å². The van der Waals surface area contributed by atoms with E-state index in [1.54, 1.807) is 36.4 Å². The highest BCUT2D eigenvalue weighted by molar-refractivity contribution is 9.10. The first-order valence-electron chi connectivity index (χ1n) is 12.3. The molecule has 0 aromatic heterocycles. The normalized spacial score (nSPS) is 25.7. The summed E-state index contributed by atoms with van der Waals surface area (Å²) in [5.41, 5.74) is 1.01. The molecule has 11 heteroatoms. The number of hydrogen-bond donors (Lipinski definition) is 1. The Morgan fingerprint density at radius 1 is 1.08 bits per heavy atom. The number of carbonyl (C=O) groups is 1. The third-order valence-electron chi connectivity index (χ3n) is 7.94. The number of ether oxygens (including phenoxy) is 1. The van der Waals surface area contributed by atoms with Crippen LogP contribution in [0.15, 0.2) is 71.2 Å². The topological polar surface area (TPSA) is 128 Å². The lowest BCUT2D eigenvalue weighted by Gasteiger charge is -2.32. The summed E-state index contributed by atoms with van der Waals surface area (Å²) in [6.45, 7) is 0.625. The molecule has 0 radical (unpaired) electrons. The largest absolute Gasteiger partial charge is 0.489 e. The van der Waals surface area contributed by atoms with Gasteiger partial charge in [-0.15, -0.1) is 0 Å². The third kappa shape index (κ3) is 3.60. The second kappa shape index (κ2) is 9.17. The van der Waals surface area contributed by atoms with Gasteiger partial charge < -0.3 is 10.1 Å². The minimum Gasteiger partial charge on any atom is -0.489 e. The van der Waals surface area contributed by atoms with Crippen molar-refractivity contribution in [3.05, 3.63) is 108 Å². The quantitative estimate of drug-likeness (QED) is 0.322. The zero-order chi connectivity index (χ0) is 26.6. The van der Waals surface area contributed by atoms with Crippen LogP contribution in [0.25, 0.3) is 0 Å². The fourth-order valence-corrected chi connectivity index (χ4v) is 6.96. The second-order valence-electron chi connectivity index (χ2n) is 9.82. The molecule has 1 spiro atoms. The van der Waals surface area contributed by atoms with Crippen LogP contribution in [-0.4, -0.2) is 39.3 Å². The van der Waals surface area contributed by atoms with Crippen molar-refractivity contribution in [1.29, 1.82) is 0 Å². The molecule has 38 heavy (non-hydrogen) atoms. The summed E-state index contributed by atoms with van der Waals surface area (Å²) >= 11 is 3.51. The van der Waals surface area contributed by atoms with Crippen LogP contribution < -0.4 is 10.1 Å². The number of nitrogens with one attached hydrogen (secondary N) is 1. The molecule has 0 saturated carbocycles. The minimum absolute atomic E-state index is 0.0409. The maximum absolute atomic E-state index is 13.7. The number of benzene rings is 3. The smallest absolute Gasteiger partial charge is 0.269 e. The van der Waals surface area contributed by atoms with Crippen molar-refractivity contribution in [3.63, 3.8) is 0 Å². The number of nitro benzene ring substituents is 1. The van der Waals surface area contributed by atoms with Gasteiger partial charge in [0.2, 0.25) is 0 Å². The number of amides is 1. The first kappa shape index (κ1) is 24.5. The molecule has 3 aromatic carbocycles. The number of anilines is 1. The highest BCUT2D eigenvalue weighted by atomic mass is 79.9. The van der Waals surface area contributed by atoms with Crippen molar-refractivity contribution in [2.24, 2.45) is 0 Å². The number of halogens is 1. The molecule has 3 heterocycles. The first-order valence-corrected chi connectivity index (χ1v) is 13.1. The van der Waals surface area contributed by atoms with Gasteiger partial charge in [0.1, 0.15) is 12.4 Å². The van der Waals surface area contributed by atoms with Gasteiger partial charge >= 0.3 is 0 Å². The highest BCUT2D eigenvalue weighted by Gasteiger charge is 2.73. The van der Waals surface area contributed by atoms with Crippen molar-refractivity contribution in [2.45, 2.75) is 43.0 Å². The molecular formula is C27H23BrN4O6. The number of nitrogens with zero attached hydrogens (tertiary/aromatic N) is 3. The molecule has 3 aliphatic rings. The van der Waals surface area contributed by atoms with E-state index in [1.807, 2.05) is 23.1 Å². The summed E-state index contributed by atoms with van der Waals surface area (Å²) in [6, 6.07) is 17.3. The summed E-state index contributed by atoms with van der Waals surface area (Å²) in [7, 11) is 0. The standard InChI is InChI=1S/C27H23BrN4O6/c28-17-10-11-23(38-15-16-5-3-6-18(13-16)31(34)35)19(14-17)24-22-9-4-12-30(22)27(25(24)32(36)37)20-7-1-2-8-21(20)29-26(27)33/h1-3,5-8,10-11,13-14,22,24-25H,4,9,12,15H2,(H,29,33)/t22-,24+,25+,27-/m0/s1. The van der Waals surface area contributed by atoms with Crippen molar-refractivity contribution in [1.82, 2.24) is 4.90 Å². The van der Waals surface area contributed by atoms with Crippen molar-refractivity contribution in [3.8, 4) is 5.75 Å². The lowest BCUT2D eigenvalue weighted by atomic mass is 9.77. The van der Waals surface area contributed by atoms with E-state index < -0.39 is 22.4 Å². The Balaban J connectivity index is 1.45. The molecule has 0 bridgehead atoms. The molecule has 6 rings (SSSR count). The Hall–Kier alpha value is -3.83. The van der Waals surface area contributed by atoms with Gasteiger partial charge in [0.25, 0.3) is 17.6 Å². The van der Waals surface area contributed by atoms with E-state index in [0.29, 0.717) is 41.1 Å². The van der Waals surface area contributed by atoms with Crippen LogP contribution in [0.4, 0.5) is 11.4 Å². The van der Waals surface area contributed by atoms with Crippen LogP contribution in [0.5, 0.6) is 5.75 Å². The molecule has 194 valence electrons. The molecule has 0 unspecified atom stereocenters. The van der Waals surface area contributed by atoms with Gasteiger partial charge in [-0.2, -0.15) is 0 Å². The number of para-hydroxylation sites is 1. The van der Waals surface area contributed by atoms with Gasteiger partial charge in [0, 0.05) is 50.9 Å². The van der Waals surface area contributed by atoms with E-state index in [0.717, 1.165) is 10.9 Å². The minimum atomic E-state index is -1.43. The van der Waals surface area contributed by atoms with Crippen LogP contribution in [0.1, 0.15) is 35.4 Å². The Morgan fingerprint density at radius 2 is 1.89 bits per heavy atom. The molecule has 4 atom stereocenters. The molecule has 1 N–H and O–H groups in total. The van der Waals surface area contributed by atoms with E-state index in [4.69, 9.17) is 4.74 Å². The van der Waals surface area contributed by atoms with Crippen molar-refractivity contribution < 1.29 is 19.4 Å². The molecular weight excluding hydrogens is 556 g/mol. The maximum atomic E-state index is 13.7. The van der Waals surface area contributed by atoms with Crippen LogP contribution in [-0.2, 0) is 16.9 Å². The van der Waals surface area contributed by atoms with Crippen LogP contribution in [0.3, 0.4) is 0 Å². The predicted molar refractivity (Wildman–Crippen MR) is 142 cm³/mol. The van der Waals surface area contributed by atoms with Gasteiger partial charge in [-0.25, -0.2) is 0 Å². The fourth-order valence-electron chi connectivity index (χ4n) is 6.58. The Morgan fingerprint density at radius 3 is 2.68 bits per heavy atom. The Kier molecular flexibility index (Phi) is 5.92. The third-order valence-corrected chi connectivity index (χ3v) is 8.43. The molecule has 1 amide bonds. The van der Waals surface area contributed by atoms with E-state index in [2.05, 4.69) is 21.2 Å². The highest BCUT2D eigenvalue weighted by Crippen LogP contribution is 2.59. The second-order valence-corrected chi connectivity index (χ2v) is 10.7. The van der Waals surface area contributed by atoms with Gasteiger partial charge in [-0.1, -0.05) is 46.3 Å². The van der Waals surface area contributed by atoms with Crippen molar-refractivity contribution >= 4 is 33.2 Å². The van der Waals surface area contributed by atoms with Gasteiger partial charge in [-0.05, 0) is 42.7 Å². The molecule has 0 aliphatic carbocycles. The number of rotatable bonds is 6. The summed E-state index contributed by atoms with van der Waals surface area (Å²) in [5.74, 6) is -0.543. The van der Waals surface area contributed by atoms with E-state index in [9.17, 15) is 25.0 Å². The van der Waals surface area contributed by atoms with E-state index in [-0.39, 0.29) is 29.2 Å². The Bertz CT molecular complexity index is 1480. The molecule has 10 nitrogen and oxygen atoms in total. The predicted octanol–water partition coefficient (Wildman–Crippen LogP) is 4.99. The SMILES string of the molecule is O=C1Nc2ccccc2[C@]12[C@H]([N+](=O)[O-])[C@H](c1cc(Br)ccc1OCc1cccc([N+](=O)[O-])c1)[C@@H]1CCCN12. The van der Waals surface area contributed by atoms with Gasteiger partial charge in [0.15, 0.2) is 5.54 Å². The number of fused-ring (bicyclic) bond motifs is 4. The van der Waals surface area contributed by atoms with Crippen LogP contribution >= 0.6 is 15.9 Å². The number of carbonyl (C=O) groups excluding carboxylic acids is 1.